The van der Waals surface area contributed by atoms with Crippen LogP contribution in [0.1, 0.15) is 44.6 Å². The molecule has 104 valence electrons. The van der Waals surface area contributed by atoms with Crippen LogP contribution in [0.25, 0.3) is 0 Å². The molecule has 0 radical (unpaired) electrons. The Morgan fingerprint density at radius 1 is 1.42 bits per heavy atom. The molecular weight excluding hydrogens is 241 g/mol. The van der Waals surface area contributed by atoms with Gasteiger partial charge in [0.1, 0.15) is 11.7 Å². The monoisotopic (exact) mass is 263 g/mol. The first-order valence-corrected chi connectivity index (χ1v) is 7.04. The van der Waals surface area contributed by atoms with Gasteiger partial charge in [0.05, 0.1) is 11.3 Å². The lowest BCUT2D eigenvalue weighted by Gasteiger charge is -2.33. The topological polar surface area (TPSA) is 53.1 Å². The van der Waals surface area contributed by atoms with Gasteiger partial charge in [-0.3, -0.25) is 5.41 Å². The van der Waals surface area contributed by atoms with Crippen LogP contribution < -0.4 is 10.6 Å². The van der Waals surface area contributed by atoms with Gasteiger partial charge in [0.25, 0.3) is 0 Å². The normalized spacial score (nSPS) is 20.1. The first-order valence-electron chi connectivity index (χ1n) is 7.04. The fourth-order valence-electron chi connectivity index (χ4n) is 2.94. The number of halogens is 1. The molecule has 1 saturated heterocycles. The summed E-state index contributed by atoms with van der Waals surface area (Å²) >= 11 is 0. The minimum Gasteiger partial charge on any atom is -0.384 e. The molecule has 0 bridgehead atoms. The molecular formula is C15H22FN3. The predicted octanol–water partition coefficient (Wildman–Crippen LogP) is 3.27. The van der Waals surface area contributed by atoms with Crippen molar-refractivity contribution in [1.29, 1.82) is 5.41 Å². The summed E-state index contributed by atoms with van der Waals surface area (Å²) in [5, 5.41) is 7.62. The van der Waals surface area contributed by atoms with Gasteiger partial charge in [0.15, 0.2) is 0 Å². The second-order valence-electron chi connectivity index (χ2n) is 5.15. The van der Waals surface area contributed by atoms with Crippen LogP contribution in [-0.2, 0) is 0 Å². The Morgan fingerprint density at radius 3 is 2.89 bits per heavy atom. The van der Waals surface area contributed by atoms with E-state index in [1.165, 1.54) is 18.9 Å². The Labute approximate surface area is 114 Å². The van der Waals surface area contributed by atoms with E-state index in [9.17, 15) is 4.39 Å². The largest absolute Gasteiger partial charge is 0.384 e. The molecule has 1 aromatic rings. The number of benzene rings is 1. The van der Waals surface area contributed by atoms with Crippen molar-refractivity contribution in [2.45, 2.75) is 45.1 Å². The predicted molar refractivity (Wildman–Crippen MR) is 77.3 cm³/mol. The molecule has 3 N–H and O–H groups in total. The Morgan fingerprint density at radius 2 is 2.21 bits per heavy atom. The zero-order valence-corrected chi connectivity index (χ0v) is 11.5. The fraction of sp³-hybridized carbons (Fsp3) is 0.533. The molecule has 0 aliphatic carbocycles. The number of hydrogen-bond donors (Lipinski definition) is 2. The smallest absolute Gasteiger partial charge is 0.136 e. The molecule has 1 fully saturated rings. The zero-order chi connectivity index (χ0) is 13.8. The van der Waals surface area contributed by atoms with E-state index in [0.29, 0.717) is 6.04 Å². The second kappa shape index (κ2) is 6.04. The van der Waals surface area contributed by atoms with Gasteiger partial charge in [0, 0.05) is 12.6 Å². The van der Waals surface area contributed by atoms with Crippen molar-refractivity contribution in [2.24, 2.45) is 5.73 Å². The van der Waals surface area contributed by atoms with Gasteiger partial charge in [-0.05, 0) is 31.4 Å². The van der Waals surface area contributed by atoms with Gasteiger partial charge in [-0.2, -0.15) is 0 Å². The summed E-state index contributed by atoms with van der Waals surface area (Å²) in [7, 11) is 0. The molecule has 4 heteroatoms. The molecule has 3 nitrogen and oxygen atoms in total. The molecule has 0 amide bonds. The number of nitrogen functional groups attached to an aromatic ring is 1. The SMILES string of the molecule is CCC1CCCCCN1c1cccc(F)c1C(=N)N. The van der Waals surface area contributed by atoms with Crippen LogP contribution in [0.2, 0.25) is 0 Å². The molecule has 19 heavy (non-hydrogen) atoms. The number of anilines is 1. The molecule has 2 rings (SSSR count). The zero-order valence-electron chi connectivity index (χ0n) is 11.5. The minimum atomic E-state index is -0.399. The first kappa shape index (κ1) is 13.8. The maximum absolute atomic E-state index is 13.9. The summed E-state index contributed by atoms with van der Waals surface area (Å²) in [6, 6.07) is 5.38. The Kier molecular flexibility index (Phi) is 4.40. The minimum absolute atomic E-state index is 0.188. The second-order valence-corrected chi connectivity index (χ2v) is 5.15. The number of nitrogens with two attached hydrogens (primary N) is 1. The lowest BCUT2D eigenvalue weighted by Crippen LogP contribution is -2.36. The van der Waals surface area contributed by atoms with Crippen molar-refractivity contribution in [3.05, 3.63) is 29.6 Å². The number of rotatable bonds is 3. The van der Waals surface area contributed by atoms with Gasteiger partial charge >= 0.3 is 0 Å². The van der Waals surface area contributed by atoms with Crippen molar-refractivity contribution in [2.75, 3.05) is 11.4 Å². The third-order valence-corrected chi connectivity index (χ3v) is 3.92. The standard InChI is InChI=1S/C15H22FN3/c1-2-11-7-4-3-5-10-19(11)13-9-6-8-12(16)14(13)15(17)18/h6,8-9,11H,2-5,7,10H2,1H3,(H3,17,18). The van der Waals surface area contributed by atoms with Crippen LogP contribution in [0.5, 0.6) is 0 Å². The molecule has 0 aromatic heterocycles. The van der Waals surface area contributed by atoms with Crippen LogP contribution in [0.3, 0.4) is 0 Å². The quantitative estimate of drug-likeness (QED) is 0.649. The summed E-state index contributed by atoms with van der Waals surface area (Å²) in [4.78, 5) is 2.24. The van der Waals surface area contributed by atoms with Crippen LogP contribution in [-0.4, -0.2) is 18.4 Å². The van der Waals surface area contributed by atoms with Gasteiger partial charge in [-0.15, -0.1) is 0 Å². The number of nitrogens with zero attached hydrogens (tertiary/aromatic N) is 1. The Bertz CT molecular complexity index is 459. The van der Waals surface area contributed by atoms with E-state index in [1.807, 2.05) is 6.07 Å². The third-order valence-electron chi connectivity index (χ3n) is 3.92. The summed E-state index contributed by atoms with van der Waals surface area (Å²) in [5.74, 6) is -0.587. The van der Waals surface area contributed by atoms with Crippen molar-refractivity contribution in [3.63, 3.8) is 0 Å². The van der Waals surface area contributed by atoms with Crippen molar-refractivity contribution in [1.82, 2.24) is 0 Å². The van der Waals surface area contributed by atoms with Gasteiger partial charge in [0.2, 0.25) is 0 Å². The van der Waals surface area contributed by atoms with E-state index in [-0.39, 0.29) is 11.4 Å². The maximum atomic E-state index is 13.9. The van der Waals surface area contributed by atoms with E-state index >= 15 is 0 Å². The van der Waals surface area contributed by atoms with E-state index < -0.39 is 5.82 Å². The number of hydrogen-bond acceptors (Lipinski definition) is 2. The van der Waals surface area contributed by atoms with Gasteiger partial charge in [-0.1, -0.05) is 25.8 Å². The first-order chi connectivity index (χ1) is 9.15. The maximum Gasteiger partial charge on any atom is 0.136 e. The molecule has 1 heterocycles. The lowest BCUT2D eigenvalue weighted by molar-refractivity contribution is 0.553. The molecule has 1 atom stereocenters. The fourth-order valence-corrected chi connectivity index (χ4v) is 2.94. The summed E-state index contributed by atoms with van der Waals surface area (Å²) in [6.07, 6.45) is 5.72. The van der Waals surface area contributed by atoms with Gasteiger partial charge < -0.3 is 10.6 Å². The molecule has 1 aliphatic heterocycles. The highest BCUT2D eigenvalue weighted by Crippen LogP contribution is 2.29. The van der Waals surface area contributed by atoms with Crippen molar-refractivity contribution < 1.29 is 4.39 Å². The molecule has 1 aromatic carbocycles. The summed E-state index contributed by atoms with van der Waals surface area (Å²) in [5.41, 5.74) is 6.60. The van der Waals surface area contributed by atoms with E-state index in [1.54, 1.807) is 6.07 Å². The van der Waals surface area contributed by atoms with Crippen LogP contribution >= 0.6 is 0 Å². The van der Waals surface area contributed by atoms with Crippen molar-refractivity contribution >= 4 is 11.5 Å². The Balaban J connectivity index is 2.43. The van der Waals surface area contributed by atoms with E-state index in [2.05, 4.69) is 11.8 Å². The number of amidine groups is 1. The van der Waals surface area contributed by atoms with Crippen LogP contribution in [0.15, 0.2) is 18.2 Å². The Hall–Kier alpha value is -1.58. The highest BCUT2D eigenvalue weighted by molar-refractivity contribution is 6.00. The van der Waals surface area contributed by atoms with Crippen LogP contribution in [0, 0.1) is 11.2 Å². The lowest BCUT2D eigenvalue weighted by atomic mass is 10.0. The average Bonchev–Trinajstić information content (AvgIpc) is 2.62. The highest BCUT2D eigenvalue weighted by Gasteiger charge is 2.24. The molecule has 1 unspecified atom stereocenters. The van der Waals surface area contributed by atoms with Crippen LogP contribution in [0.4, 0.5) is 10.1 Å². The molecule has 0 saturated carbocycles. The summed E-state index contributed by atoms with van der Waals surface area (Å²) in [6.45, 7) is 3.08. The van der Waals surface area contributed by atoms with E-state index in [4.69, 9.17) is 11.1 Å². The molecule has 0 spiro atoms. The van der Waals surface area contributed by atoms with Gasteiger partial charge in [-0.25, -0.2) is 4.39 Å². The van der Waals surface area contributed by atoms with Crippen molar-refractivity contribution in [3.8, 4) is 0 Å². The highest BCUT2D eigenvalue weighted by atomic mass is 19.1. The number of nitrogens with one attached hydrogen (secondary N) is 1. The third kappa shape index (κ3) is 2.88. The average molecular weight is 263 g/mol. The van der Waals surface area contributed by atoms with E-state index in [0.717, 1.165) is 31.5 Å². The molecule has 1 aliphatic rings. The summed E-state index contributed by atoms with van der Waals surface area (Å²) < 4.78 is 13.9.